The molecule has 2 amide bonds. The van der Waals surface area contributed by atoms with Crippen LogP contribution in [0.3, 0.4) is 0 Å². The van der Waals surface area contributed by atoms with Crippen LogP contribution in [0.1, 0.15) is 35.3 Å². The molecule has 0 aliphatic heterocycles. The zero-order chi connectivity index (χ0) is 23.7. The number of rotatable bonds is 10. The molecule has 2 aromatic carbocycles. The minimum atomic E-state index is -1.10. The first-order valence-corrected chi connectivity index (χ1v) is 9.94. The first-order chi connectivity index (χ1) is 15.2. The van der Waals surface area contributed by atoms with Gasteiger partial charge in [0.15, 0.2) is 18.1 Å². The van der Waals surface area contributed by atoms with Crippen LogP contribution in [-0.2, 0) is 9.59 Å². The second kappa shape index (κ2) is 11.5. The lowest BCUT2D eigenvalue weighted by atomic mass is 10.0. The predicted molar refractivity (Wildman–Crippen MR) is 119 cm³/mol. The van der Waals surface area contributed by atoms with Crippen molar-refractivity contribution in [3.05, 3.63) is 59.2 Å². The Kier molecular flexibility index (Phi) is 8.76. The summed E-state index contributed by atoms with van der Waals surface area (Å²) in [5.74, 6) is -1.46. The van der Waals surface area contributed by atoms with Crippen LogP contribution < -0.4 is 20.2 Å². The molecule has 9 nitrogen and oxygen atoms in total. The Labute approximate surface area is 186 Å². The van der Waals surface area contributed by atoms with Gasteiger partial charge in [-0.05, 0) is 48.7 Å². The SMILES string of the molecule is COc1cc(C=NNC(=O)C(NC(=O)c2ccc(C)cc2)C(C)C)ccc1OCC(=O)O. The molecule has 0 spiro atoms. The van der Waals surface area contributed by atoms with E-state index in [4.69, 9.17) is 14.6 Å². The maximum atomic E-state index is 12.6. The number of hydrogen-bond acceptors (Lipinski definition) is 6. The fourth-order valence-corrected chi connectivity index (χ4v) is 2.73. The Morgan fingerprint density at radius 3 is 2.38 bits per heavy atom. The molecule has 9 heteroatoms. The number of nitrogens with one attached hydrogen (secondary N) is 2. The van der Waals surface area contributed by atoms with Crippen molar-refractivity contribution in [2.24, 2.45) is 11.0 Å². The van der Waals surface area contributed by atoms with E-state index in [1.54, 1.807) is 30.3 Å². The van der Waals surface area contributed by atoms with E-state index >= 15 is 0 Å². The van der Waals surface area contributed by atoms with Gasteiger partial charge in [0.05, 0.1) is 13.3 Å². The highest BCUT2D eigenvalue weighted by molar-refractivity contribution is 5.97. The summed E-state index contributed by atoms with van der Waals surface area (Å²) < 4.78 is 10.3. The molecule has 0 aromatic heterocycles. The Morgan fingerprint density at radius 1 is 1.09 bits per heavy atom. The van der Waals surface area contributed by atoms with Gasteiger partial charge >= 0.3 is 5.97 Å². The maximum absolute atomic E-state index is 12.6. The minimum absolute atomic E-state index is 0.162. The number of aryl methyl sites for hydroxylation is 1. The van der Waals surface area contributed by atoms with Crippen molar-refractivity contribution in [3.63, 3.8) is 0 Å². The van der Waals surface area contributed by atoms with Crippen molar-refractivity contribution in [2.45, 2.75) is 26.8 Å². The van der Waals surface area contributed by atoms with Gasteiger partial charge in [0.2, 0.25) is 0 Å². The number of carbonyl (C=O) groups is 3. The molecular formula is C23H27N3O6. The number of carboxylic acid groups (broad SMARTS) is 1. The largest absolute Gasteiger partial charge is 0.493 e. The zero-order valence-corrected chi connectivity index (χ0v) is 18.4. The van der Waals surface area contributed by atoms with Gasteiger partial charge in [-0.15, -0.1) is 0 Å². The van der Waals surface area contributed by atoms with Crippen LogP contribution in [0.15, 0.2) is 47.6 Å². The van der Waals surface area contributed by atoms with Crippen LogP contribution in [0.2, 0.25) is 0 Å². The smallest absolute Gasteiger partial charge is 0.341 e. The van der Waals surface area contributed by atoms with E-state index in [0.717, 1.165) is 5.56 Å². The van der Waals surface area contributed by atoms with Crippen LogP contribution in [0.4, 0.5) is 0 Å². The first-order valence-electron chi connectivity index (χ1n) is 9.94. The molecule has 0 saturated carbocycles. The highest BCUT2D eigenvalue weighted by Crippen LogP contribution is 2.27. The number of carboxylic acids is 1. The number of carbonyl (C=O) groups excluding carboxylic acids is 2. The van der Waals surface area contributed by atoms with E-state index in [0.29, 0.717) is 16.9 Å². The number of hydrogen-bond donors (Lipinski definition) is 3. The van der Waals surface area contributed by atoms with E-state index in [2.05, 4.69) is 15.8 Å². The Morgan fingerprint density at radius 2 is 1.78 bits per heavy atom. The fraction of sp³-hybridized carbons (Fsp3) is 0.304. The van der Waals surface area contributed by atoms with E-state index in [1.807, 2.05) is 32.9 Å². The highest BCUT2D eigenvalue weighted by atomic mass is 16.5. The average Bonchev–Trinajstić information content (AvgIpc) is 2.76. The lowest BCUT2D eigenvalue weighted by Crippen LogP contribution is -2.48. The Bertz CT molecular complexity index is 986. The highest BCUT2D eigenvalue weighted by Gasteiger charge is 2.24. The molecule has 3 N–H and O–H groups in total. The summed E-state index contributed by atoms with van der Waals surface area (Å²) >= 11 is 0. The van der Waals surface area contributed by atoms with Crippen molar-refractivity contribution in [1.29, 1.82) is 0 Å². The van der Waals surface area contributed by atoms with Crippen LogP contribution >= 0.6 is 0 Å². The summed E-state index contributed by atoms with van der Waals surface area (Å²) in [4.78, 5) is 35.7. The van der Waals surface area contributed by atoms with Gasteiger partial charge in [-0.3, -0.25) is 9.59 Å². The summed E-state index contributed by atoms with van der Waals surface area (Å²) in [5, 5.41) is 15.4. The average molecular weight is 441 g/mol. The number of amides is 2. The van der Waals surface area contributed by atoms with Crippen LogP contribution in [0, 0.1) is 12.8 Å². The number of nitrogens with zero attached hydrogens (tertiary/aromatic N) is 1. The molecule has 0 saturated heterocycles. The molecule has 170 valence electrons. The molecule has 1 atom stereocenters. The number of benzene rings is 2. The van der Waals surface area contributed by atoms with Crippen molar-refractivity contribution < 1.29 is 29.0 Å². The Balaban J connectivity index is 2.02. The molecule has 0 aliphatic rings. The van der Waals surface area contributed by atoms with Crippen LogP contribution in [0.5, 0.6) is 11.5 Å². The lowest BCUT2D eigenvalue weighted by Gasteiger charge is -2.20. The van der Waals surface area contributed by atoms with Gasteiger partial charge < -0.3 is 19.9 Å². The van der Waals surface area contributed by atoms with Crippen molar-refractivity contribution in [3.8, 4) is 11.5 Å². The summed E-state index contributed by atoms with van der Waals surface area (Å²) in [7, 11) is 1.43. The van der Waals surface area contributed by atoms with Gasteiger partial charge in [0.25, 0.3) is 11.8 Å². The third-order valence-electron chi connectivity index (χ3n) is 4.48. The Hall–Kier alpha value is -3.88. The molecule has 2 rings (SSSR count). The van der Waals surface area contributed by atoms with Gasteiger partial charge in [0.1, 0.15) is 6.04 Å². The van der Waals surface area contributed by atoms with Gasteiger partial charge in [-0.25, -0.2) is 10.2 Å². The maximum Gasteiger partial charge on any atom is 0.341 e. The number of aliphatic carboxylic acids is 1. The summed E-state index contributed by atoms with van der Waals surface area (Å²) in [5.41, 5.74) is 4.53. The van der Waals surface area contributed by atoms with Crippen molar-refractivity contribution >= 4 is 24.0 Å². The molecule has 0 heterocycles. The third-order valence-corrected chi connectivity index (χ3v) is 4.48. The number of hydrazone groups is 1. The zero-order valence-electron chi connectivity index (χ0n) is 18.4. The monoisotopic (exact) mass is 441 g/mol. The molecule has 0 fully saturated rings. The first kappa shape index (κ1) is 24.4. The third kappa shape index (κ3) is 7.12. The standard InChI is InChI=1S/C23H27N3O6/c1-14(2)21(25-22(29)17-8-5-15(3)6-9-17)23(30)26-24-12-16-7-10-18(19(11-16)31-4)32-13-20(27)28/h5-12,14,21H,13H2,1-4H3,(H,25,29)(H,26,30)(H,27,28). The predicted octanol–water partition coefficient (Wildman–Crippen LogP) is 2.37. The molecule has 32 heavy (non-hydrogen) atoms. The van der Waals surface area contributed by atoms with E-state index in [1.165, 1.54) is 13.3 Å². The van der Waals surface area contributed by atoms with Gasteiger partial charge in [0, 0.05) is 5.56 Å². The topological polar surface area (TPSA) is 126 Å². The normalized spacial score (nSPS) is 11.8. The van der Waals surface area contributed by atoms with Crippen LogP contribution in [0.25, 0.3) is 0 Å². The summed E-state index contributed by atoms with van der Waals surface area (Å²) in [6.07, 6.45) is 1.40. The van der Waals surface area contributed by atoms with E-state index < -0.39 is 24.5 Å². The molecule has 0 radical (unpaired) electrons. The molecule has 0 aliphatic carbocycles. The second-order valence-corrected chi connectivity index (χ2v) is 7.39. The number of methoxy groups -OCH3 is 1. The lowest BCUT2D eigenvalue weighted by molar-refractivity contribution is -0.139. The summed E-state index contributed by atoms with van der Waals surface area (Å²) in [6, 6.07) is 11.1. The summed E-state index contributed by atoms with van der Waals surface area (Å²) in [6.45, 7) is 5.08. The fourth-order valence-electron chi connectivity index (χ4n) is 2.73. The molecule has 1 unspecified atom stereocenters. The second-order valence-electron chi connectivity index (χ2n) is 7.39. The van der Waals surface area contributed by atoms with Crippen LogP contribution in [-0.4, -0.2) is 48.9 Å². The van der Waals surface area contributed by atoms with Gasteiger partial charge in [-0.1, -0.05) is 31.5 Å². The van der Waals surface area contributed by atoms with E-state index in [-0.39, 0.29) is 17.6 Å². The molecule has 0 bridgehead atoms. The van der Waals surface area contributed by atoms with Crippen molar-refractivity contribution in [1.82, 2.24) is 10.7 Å². The minimum Gasteiger partial charge on any atom is -0.493 e. The van der Waals surface area contributed by atoms with Crippen molar-refractivity contribution in [2.75, 3.05) is 13.7 Å². The number of ether oxygens (including phenoxy) is 2. The molecule has 2 aromatic rings. The van der Waals surface area contributed by atoms with E-state index in [9.17, 15) is 14.4 Å². The molecular weight excluding hydrogens is 414 g/mol. The quantitative estimate of drug-likeness (QED) is 0.384. The van der Waals surface area contributed by atoms with Gasteiger partial charge in [-0.2, -0.15) is 5.10 Å².